The van der Waals surface area contributed by atoms with E-state index in [0.29, 0.717) is 5.41 Å². The smallest absolute Gasteiger partial charge is 0.0465 e. The summed E-state index contributed by atoms with van der Waals surface area (Å²) in [5, 5.41) is 2.53. The van der Waals surface area contributed by atoms with Crippen molar-refractivity contribution < 1.29 is 0 Å². The van der Waals surface area contributed by atoms with Gasteiger partial charge in [-0.15, -0.1) is 0 Å². The van der Waals surface area contributed by atoms with Crippen molar-refractivity contribution in [3.05, 3.63) is 198 Å². The van der Waals surface area contributed by atoms with Crippen LogP contribution in [0.2, 0.25) is 0 Å². The summed E-state index contributed by atoms with van der Waals surface area (Å²) in [5.41, 5.74) is 21.4. The van der Waals surface area contributed by atoms with Crippen LogP contribution in [0.15, 0.2) is 170 Å². The molecule has 1 heteroatoms. The highest BCUT2D eigenvalue weighted by atomic mass is 15.1. The number of anilines is 3. The van der Waals surface area contributed by atoms with Gasteiger partial charge in [-0.25, -0.2) is 0 Å². The average Bonchev–Trinajstić information content (AvgIpc) is 3.67. The van der Waals surface area contributed by atoms with Gasteiger partial charge in [0.25, 0.3) is 0 Å². The Morgan fingerprint density at radius 2 is 0.810 bits per heavy atom. The molecule has 6 aliphatic carbocycles. The molecule has 308 valence electrons. The lowest BCUT2D eigenvalue weighted by molar-refractivity contribution is -0.00518. The largest absolute Gasteiger partial charge is 0.310 e. The lowest BCUT2D eigenvalue weighted by atomic mass is 9.48. The van der Waals surface area contributed by atoms with E-state index in [9.17, 15) is 0 Å². The van der Waals surface area contributed by atoms with Crippen LogP contribution in [-0.4, -0.2) is 0 Å². The maximum atomic E-state index is 2.50. The van der Waals surface area contributed by atoms with Crippen molar-refractivity contribution in [2.45, 2.75) is 82.5 Å². The van der Waals surface area contributed by atoms with Crippen molar-refractivity contribution >= 4 is 27.8 Å². The number of benzene rings is 8. The molecule has 8 aromatic rings. The third-order valence-electron chi connectivity index (χ3n) is 16.8. The van der Waals surface area contributed by atoms with Crippen LogP contribution in [0.1, 0.15) is 94.0 Å². The van der Waals surface area contributed by atoms with E-state index in [1.54, 1.807) is 5.56 Å². The summed E-state index contributed by atoms with van der Waals surface area (Å²) in [7, 11) is 0. The first-order chi connectivity index (χ1) is 30.6. The van der Waals surface area contributed by atoms with Gasteiger partial charge in [0, 0.05) is 27.9 Å². The highest BCUT2D eigenvalue weighted by Crippen LogP contribution is 2.61. The van der Waals surface area contributed by atoms with E-state index in [-0.39, 0.29) is 10.8 Å². The zero-order valence-corrected chi connectivity index (χ0v) is 37.1. The molecule has 6 aliphatic rings. The van der Waals surface area contributed by atoms with Gasteiger partial charge in [-0.05, 0) is 193 Å². The topological polar surface area (TPSA) is 3.24 Å². The maximum Gasteiger partial charge on any atom is 0.0465 e. The standard InChI is InChI=1S/C62H55N/c1-60(2)56-12-8-7-11-52(56)54-27-24-50(34-58(54)60)63(49-22-17-44(18-23-49)46-14-13-42-9-5-6-10-45(42)32-46)51-25-28-55-53-26-19-47(33-57(53)61(3,4)59(55)35-51)43-15-20-48(21-16-43)62-36-39-29-40(37-62)31-41(30-39)38-62/h5-28,32-35,39-41H,29-31,36-38H2,1-4H3. The highest BCUT2D eigenvalue weighted by Gasteiger charge is 2.51. The Balaban J connectivity index is 0.870. The fraction of sp³-hybridized carbons (Fsp3) is 0.258. The van der Waals surface area contributed by atoms with Gasteiger partial charge in [0.2, 0.25) is 0 Å². The third kappa shape index (κ3) is 5.67. The molecule has 63 heavy (non-hydrogen) atoms. The zero-order valence-electron chi connectivity index (χ0n) is 37.1. The van der Waals surface area contributed by atoms with Crippen LogP contribution >= 0.6 is 0 Å². The van der Waals surface area contributed by atoms with Crippen molar-refractivity contribution in [1.29, 1.82) is 0 Å². The van der Waals surface area contributed by atoms with Gasteiger partial charge < -0.3 is 4.90 Å². The van der Waals surface area contributed by atoms with Gasteiger partial charge in [-0.3, -0.25) is 0 Å². The fourth-order valence-corrected chi connectivity index (χ4v) is 14.0. The molecule has 0 aromatic heterocycles. The van der Waals surface area contributed by atoms with Crippen molar-refractivity contribution in [1.82, 2.24) is 0 Å². The minimum atomic E-state index is -0.164. The molecule has 0 saturated heterocycles. The monoisotopic (exact) mass is 813 g/mol. The average molecular weight is 814 g/mol. The predicted octanol–water partition coefficient (Wildman–Crippen LogP) is 16.7. The fourth-order valence-electron chi connectivity index (χ4n) is 14.0. The summed E-state index contributed by atoms with van der Waals surface area (Å²) >= 11 is 0. The number of hydrogen-bond donors (Lipinski definition) is 0. The molecular formula is C62H55N. The molecule has 0 spiro atoms. The van der Waals surface area contributed by atoms with Crippen molar-refractivity contribution in [2.75, 3.05) is 4.90 Å². The SMILES string of the molecule is CC1(C)c2ccccc2-c2ccc(N(c3ccc(-c4ccc5ccccc5c4)cc3)c3ccc4c(c3)C(C)(C)c3cc(-c5ccc(C67CC8CC(CC(C8)C6)C7)cc5)ccc3-4)cc21. The highest BCUT2D eigenvalue weighted by molar-refractivity contribution is 5.91. The summed E-state index contributed by atoms with van der Waals surface area (Å²) < 4.78 is 0. The van der Waals surface area contributed by atoms with Gasteiger partial charge >= 0.3 is 0 Å². The first-order valence-corrected chi connectivity index (χ1v) is 23.7. The quantitative estimate of drug-likeness (QED) is 0.162. The summed E-state index contributed by atoms with van der Waals surface area (Å²) in [6, 6.07) is 65.1. The van der Waals surface area contributed by atoms with Gasteiger partial charge in [-0.1, -0.05) is 149 Å². The maximum absolute atomic E-state index is 2.50. The van der Waals surface area contributed by atoms with Crippen LogP contribution in [0.3, 0.4) is 0 Å². The lowest BCUT2D eigenvalue weighted by Crippen LogP contribution is -2.48. The van der Waals surface area contributed by atoms with E-state index < -0.39 is 0 Å². The number of rotatable bonds is 6. The van der Waals surface area contributed by atoms with Crippen molar-refractivity contribution in [3.8, 4) is 44.5 Å². The Hall–Kier alpha value is -6.18. The molecule has 0 amide bonds. The van der Waals surface area contributed by atoms with E-state index in [1.807, 2.05) is 0 Å². The Kier molecular flexibility index (Phi) is 7.96. The van der Waals surface area contributed by atoms with Crippen LogP contribution in [0.25, 0.3) is 55.3 Å². The molecule has 1 nitrogen and oxygen atoms in total. The van der Waals surface area contributed by atoms with Crippen LogP contribution in [0, 0.1) is 17.8 Å². The second kappa shape index (κ2) is 13.4. The molecule has 0 atom stereocenters. The molecule has 4 bridgehead atoms. The molecule has 8 aromatic carbocycles. The predicted molar refractivity (Wildman–Crippen MR) is 264 cm³/mol. The Bertz CT molecular complexity index is 3110. The van der Waals surface area contributed by atoms with Gasteiger partial charge in [0.05, 0.1) is 0 Å². The molecule has 0 aliphatic heterocycles. The molecule has 14 rings (SSSR count). The minimum Gasteiger partial charge on any atom is -0.310 e. The Labute approximate surface area is 373 Å². The molecule has 0 radical (unpaired) electrons. The van der Waals surface area contributed by atoms with Crippen molar-refractivity contribution in [3.63, 3.8) is 0 Å². The zero-order chi connectivity index (χ0) is 42.2. The van der Waals surface area contributed by atoms with E-state index in [4.69, 9.17) is 0 Å². The molecule has 0 N–H and O–H groups in total. The first kappa shape index (κ1) is 37.4. The Morgan fingerprint density at radius 1 is 0.365 bits per heavy atom. The van der Waals surface area contributed by atoms with Gasteiger partial charge in [-0.2, -0.15) is 0 Å². The summed E-state index contributed by atoms with van der Waals surface area (Å²) in [6.07, 6.45) is 8.72. The summed E-state index contributed by atoms with van der Waals surface area (Å²) in [6.45, 7) is 9.62. The second-order valence-corrected chi connectivity index (χ2v) is 21.2. The van der Waals surface area contributed by atoms with Gasteiger partial charge in [0.15, 0.2) is 0 Å². The minimum absolute atomic E-state index is 0.0953. The van der Waals surface area contributed by atoms with Crippen LogP contribution < -0.4 is 4.90 Å². The van der Waals surface area contributed by atoms with Crippen LogP contribution in [-0.2, 0) is 16.2 Å². The van der Waals surface area contributed by atoms with Gasteiger partial charge in [0.1, 0.15) is 0 Å². The lowest BCUT2D eigenvalue weighted by Gasteiger charge is -2.57. The van der Waals surface area contributed by atoms with E-state index in [2.05, 4.69) is 202 Å². The number of nitrogens with zero attached hydrogens (tertiary/aromatic N) is 1. The number of hydrogen-bond acceptors (Lipinski definition) is 1. The summed E-state index contributed by atoms with van der Waals surface area (Å²) in [4.78, 5) is 2.49. The van der Waals surface area contributed by atoms with E-state index in [0.717, 1.165) is 23.4 Å². The third-order valence-corrected chi connectivity index (χ3v) is 16.8. The van der Waals surface area contributed by atoms with Crippen LogP contribution in [0.5, 0.6) is 0 Å². The molecule has 4 fully saturated rings. The normalized spacial score (nSPS) is 22.7. The summed E-state index contributed by atoms with van der Waals surface area (Å²) in [5.74, 6) is 2.89. The second-order valence-electron chi connectivity index (χ2n) is 21.2. The van der Waals surface area contributed by atoms with E-state index >= 15 is 0 Å². The molecule has 0 unspecified atom stereocenters. The Morgan fingerprint density at radius 3 is 1.44 bits per heavy atom. The van der Waals surface area contributed by atoms with E-state index in [1.165, 1.54) is 127 Å². The first-order valence-electron chi connectivity index (χ1n) is 23.7. The van der Waals surface area contributed by atoms with Crippen molar-refractivity contribution in [2.24, 2.45) is 17.8 Å². The number of fused-ring (bicyclic) bond motifs is 7. The molecular weight excluding hydrogens is 759 g/mol. The molecule has 0 heterocycles. The van der Waals surface area contributed by atoms with Crippen LogP contribution in [0.4, 0.5) is 17.1 Å². The molecule has 4 saturated carbocycles.